The van der Waals surface area contributed by atoms with Crippen LogP contribution in [0.2, 0.25) is 0 Å². The molecule has 2 aromatic rings. The minimum atomic E-state index is -0.499. The number of hydrogen-bond acceptors (Lipinski definition) is 3. The van der Waals surface area contributed by atoms with Gasteiger partial charge >= 0.3 is 0 Å². The minimum absolute atomic E-state index is 0.421. The van der Waals surface area contributed by atoms with E-state index in [-0.39, 0.29) is 0 Å². The van der Waals surface area contributed by atoms with Gasteiger partial charge in [-0.05, 0) is 47.0 Å². The lowest BCUT2D eigenvalue weighted by Gasteiger charge is -2.36. The summed E-state index contributed by atoms with van der Waals surface area (Å²) in [5.41, 5.74) is 6.70. The third-order valence-electron chi connectivity index (χ3n) is 3.63. The number of aliphatic hydroxyl groups excluding tert-OH is 1. The van der Waals surface area contributed by atoms with E-state index in [1.165, 1.54) is 4.88 Å². The molecule has 0 aliphatic rings. The summed E-state index contributed by atoms with van der Waals surface area (Å²) in [7, 11) is 0. The number of hydrogen-bond donors (Lipinski definition) is 2. The van der Waals surface area contributed by atoms with Gasteiger partial charge in [-0.2, -0.15) is 0 Å². The van der Waals surface area contributed by atoms with E-state index < -0.39 is 11.5 Å². The molecule has 0 saturated heterocycles. The Morgan fingerprint density at radius 2 is 1.95 bits per heavy atom. The Bertz CT molecular complexity index is 526. The lowest BCUT2D eigenvalue weighted by molar-refractivity contribution is 0.101. The van der Waals surface area contributed by atoms with Gasteiger partial charge in [0.1, 0.15) is 0 Å². The summed E-state index contributed by atoms with van der Waals surface area (Å²) >= 11 is 5.17. The van der Waals surface area contributed by atoms with Crippen molar-refractivity contribution < 1.29 is 5.11 Å². The summed E-state index contributed by atoms with van der Waals surface area (Å²) in [6.07, 6.45) is 0.252. The van der Waals surface area contributed by atoms with E-state index in [0.717, 1.165) is 15.8 Å². The Hall–Kier alpha value is -0.680. The highest BCUT2D eigenvalue weighted by Crippen LogP contribution is 2.34. The van der Waals surface area contributed by atoms with Crippen LogP contribution in [0.15, 0.2) is 46.3 Å². The number of benzene rings is 1. The number of nitrogens with two attached hydrogens (primary N) is 1. The van der Waals surface area contributed by atoms with Crippen molar-refractivity contribution in [3.05, 3.63) is 56.7 Å². The molecule has 1 aromatic heterocycles. The van der Waals surface area contributed by atoms with Crippen molar-refractivity contribution >= 4 is 27.3 Å². The monoisotopic (exact) mass is 339 g/mol. The van der Waals surface area contributed by atoms with Gasteiger partial charge in [-0.1, -0.05) is 30.3 Å². The van der Waals surface area contributed by atoms with Gasteiger partial charge in [-0.15, -0.1) is 11.3 Å². The van der Waals surface area contributed by atoms with E-state index in [1.54, 1.807) is 11.3 Å². The van der Waals surface area contributed by atoms with E-state index >= 15 is 0 Å². The van der Waals surface area contributed by atoms with Gasteiger partial charge in [-0.3, -0.25) is 0 Å². The van der Waals surface area contributed by atoms with Crippen LogP contribution in [0.1, 0.15) is 17.4 Å². The first-order valence-electron chi connectivity index (χ1n) is 6.26. The van der Waals surface area contributed by atoms with E-state index in [4.69, 9.17) is 5.73 Å². The van der Waals surface area contributed by atoms with Crippen LogP contribution in [-0.2, 0) is 11.8 Å². The standard InChI is InChI=1S/C15H18BrNOS/c1-11(18)15(10-17,12-5-3-2-4-6-12)9-13-7-8-14(16)19-13/h2-8,11,18H,9-10,17H2,1H3. The van der Waals surface area contributed by atoms with Crippen LogP contribution in [0, 0.1) is 0 Å². The van der Waals surface area contributed by atoms with Gasteiger partial charge < -0.3 is 10.8 Å². The van der Waals surface area contributed by atoms with Crippen LogP contribution >= 0.6 is 27.3 Å². The molecule has 2 rings (SSSR count). The molecule has 0 aliphatic carbocycles. The largest absolute Gasteiger partial charge is 0.392 e. The molecule has 1 aromatic carbocycles. The first kappa shape index (κ1) is 14.7. The molecule has 102 valence electrons. The van der Waals surface area contributed by atoms with Crippen molar-refractivity contribution in [3.8, 4) is 0 Å². The molecule has 0 saturated carbocycles. The predicted octanol–water partition coefficient (Wildman–Crippen LogP) is 3.33. The van der Waals surface area contributed by atoms with Crippen LogP contribution in [0.4, 0.5) is 0 Å². The van der Waals surface area contributed by atoms with Gasteiger partial charge in [0.05, 0.1) is 9.89 Å². The molecule has 0 amide bonds. The smallest absolute Gasteiger partial charge is 0.0701 e. The molecule has 19 heavy (non-hydrogen) atoms. The van der Waals surface area contributed by atoms with Crippen LogP contribution in [0.3, 0.4) is 0 Å². The molecule has 2 unspecified atom stereocenters. The normalized spacial score (nSPS) is 16.0. The molecule has 0 spiro atoms. The zero-order chi connectivity index (χ0) is 13.9. The number of thiophene rings is 1. The predicted molar refractivity (Wildman–Crippen MR) is 84.6 cm³/mol. The van der Waals surface area contributed by atoms with Gasteiger partial charge in [-0.25, -0.2) is 0 Å². The van der Waals surface area contributed by atoms with E-state index in [0.29, 0.717) is 6.54 Å². The topological polar surface area (TPSA) is 46.2 Å². The van der Waals surface area contributed by atoms with E-state index in [1.807, 2.05) is 43.3 Å². The first-order valence-corrected chi connectivity index (χ1v) is 7.87. The SMILES string of the molecule is CC(O)C(CN)(Cc1ccc(Br)s1)c1ccccc1. The highest BCUT2D eigenvalue weighted by molar-refractivity contribution is 9.11. The molecule has 2 nitrogen and oxygen atoms in total. The summed E-state index contributed by atoms with van der Waals surface area (Å²) < 4.78 is 1.10. The fraction of sp³-hybridized carbons (Fsp3) is 0.333. The van der Waals surface area contributed by atoms with Crippen molar-refractivity contribution in [1.29, 1.82) is 0 Å². The summed E-state index contributed by atoms with van der Waals surface area (Å²) in [6, 6.07) is 14.2. The van der Waals surface area contributed by atoms with Gasteiger partial charge in [0.25, 0.3) is 0 Å². The second kappa shape index (κ2) is 6.18. The van der Waals surface area contributed by atoms with Crippen molar-refractivity contribution in [2.75, 3.05) is 6.54 Å². The first-order chi connectivity index (χ1) is 9.08. The second-order valence-electron chi connectivity index (χ2n) is 4.78. The van der Waals surface area contributed by atoms with E-state index in [9.17, 15) is 5.11 Å². The number of halogens is 1. The zero-order valence-corrected chi connectivity index (χ0v) is 13.2. The molecular formula is C15H18BrNOS. The van der Waals surface area contributed by atoms with Crippen molar-refractivity contribution in [2.45, 2.75) is 24.9 Å². The molecular weight excluding hydrogens is 322 g/mol. The Morgan fingerprint density at radius 1 is 1.26 bits per heavy atom. The highest BCUT2D eigenvalue weighted by atomic mass is 79.9. The number of rotatable bonds is 5. The van der Waals surface area contributed by atoms with Gasteiger partial charge in [0.15, 0.2) is 0 Å². The fourth-order valence-corrected chi connectivity index (χ4v) is 3.99. The number of aliphatic hydroxyl groups is 1. The maximum absolute atomic E-state index is 10.3. The van der Waals surface area contributed by atoms with Crippen LogP contribution < -0.4 is 5.73 Å². The fourth-order valence-electron chi connectivity index (χ4n) is 2.38. The zero-order valence-electron chi connectivity index (χ0n) is 10.8. The third kappa shape index (κ3) is 3.08. The average Bonchev–Trinajstić information content (AvgIpc) is 2.82. The Morgan fingerprint density at radius 3 is 2.42 bits per heavy atom. The van der Waals surface area contributed by atoms with Crippen LogP contribution in [-0.4, -0.2) is 17.8 Å². The van der Waals surface area contributed by atoms with E-state index in [2.05, 4.69) is 22.0 Å². The molecule has 1 heterocycles. The summed E-state index contributed by atoms with van der Waals surface area (Å²) in [6.45, 7) is 2.24. The quantitative estimate of drug-likeness (QED) is 0.877. The maximum atomic E-state index is 10.3. The summed E-state index contributed by atoms with van der Waals surface area (Å²) in [5, 5.41) is 10.3. The van der Waals surface area contributed by atoms with Crippen molar-refractivity contribution in [3.63, 3.8) is 0 Å². The lowest BCUT2D eigenvalue weighted by atomic mass is 9.73. The van der Waals surface area contributed by atoms with Gasteiger partial charge in [0, 0.05) is 16.8 Å². The third-order valence-corrected chi connectivity index (χ3v) is 5.25. The Kier molecular flexibility index (Phi) is 4.79. The van der Waals surface area contributed by atoms with Crippen molar-refractivity contribution in [1.82, 2.24) is 0 Å². The lowest BCUT2D eigenvalue weighted by Crippen LogP contribution is -2.46. The molecule has 0 aliphatic heterocycles. The maximum Gasteiger partial charge on any atom is 0.0701 e. The molecule has 2 atom stereocenters. The second-order valence-corrected chi connectivity index (χ2v) is 7.33. The minimum Gasteiger partial charge on any atom is -0.392 e. The Balaban J connectivity index is 2.40. The van der Waals surface area contributed by atoms with Crippen LogP contribution in [0.25, 0.3) is 0 Å². The summed E-state index contributed by atoms with van der Waals surface area (Å²) in [4.78, 5) is 1.22. The molecule has 0 radical (unpaired) electrons. The van der Waals surface area contributed by atoms with Gasteiger partial charge in [0.2, 0.25) is 0 Å². The van der Waals surface area contributed by atoms with Crippen molar-refractivity contribution in [2.24, 2.45) is 5.73 Å². The molecule has 0 fully saturated rings. The summed E-state index contributed by atoms with van der Waals surface area (Å²) in [5.74, 6) is 0. The molecule has 3 N–H and O–H groups in total. The van der Waals surface area contributed by atoms with Crippen LogP contribution in [0.5, 0.6) is 0 Å². The highest BCUT2D eigenvalue weighted by Gasteiger charge is 2.36. The molecule has 4 heteroatoms. The Labute approximate surface area is 126 Å². The average molecular weight is 340 g/mol. The molecule has 0 bridgehead atoms.